The fraction of sp³-hybridized carbons (Fsp3) is 0.417. The standard InChI is InChI=1S/C12H14N4O2S2.H2O/c1-7-9(15-4-5-19-11(15)13-7)10(18)14-16-8(17)6-20-12(16,2)3;/h4-5H,6H2,1-3H3,(H,14,18);1H2. The van der Waals surface area contributed by atoms with Crippen LogP contribution >= 0.6 is 23.1 Å². The number of thiazole rings is 1. The second-order valence-electron chi connectivity index (χ2n) is 5.01. The summed E-state index contributed by atoms with van der Waals surface area (Å²) >= 11 is 2.98. The summed E-state index contributed by atoms with van der Waals surface area (Å²) in [5, 5.41) is 3.28. The molecule has 0 saturated carbocycles. The predicted octanol–water partition coefficient (Wildman–Crippen LogP) is 0.836. The van der Waals surface area contributed by atoms with Gasteiger partial charge < -0.3 is 5.48 Å². The van der Waals surface area contributed by atoms with E-state index in [0.717, 1.165) is 4.96 Å². The molecule has 21 heavy (non-hydrogen) atoms. The third-order valence-corrected chi connectivity index (χ3v) is 5.24. The summed E-state index contributed by atoms with van der Waals surface area (Å²) in [7, 11) is 0. The number of rotatable bonds is 2. The van der Waals surface area contributed by atoms with Gasteiger partial charge in [-0.3, -0.25) is 19.4 Å². The Labute approximate surface area is 129 Å². The number of carbonyl (C=O) groups is 2. The SMILES string of the molecule is Cc1nc2sccn2c1C(=O)NN1C(=O)CSC1(C)C.O. The first-order valence-electron chi connectivity index (χ1n) is 6.10. The molecule has 3 N–H and O–H groups in total. The average Bonchev–Trinajstić information content (AvgIpc) is 2.98. The summed E-state index contributed by atoms with van der Waals surface area (Å²) in [5.41, 5.74) is 3.84. The lowest BCUT2D eigenvalue weighted by atomic mass is 10.3. The van der Waals surface area contributed by atoms with Crippen LogP contribution in [0.5, 0.6) is 0 Å². The number of aromatic nitrogens is 2. The molecule has 2 aromatic rings. The van der Waals surface area contributed by atoms with Gasteiger partial charge >= 0.3 is 0 Å². The number of aryl methyl sites for hydroxylation is 1. The van der Waals surface area contributed by atoms with Crippen LogP contribution in [0.3, 0.4) is 0 Å². The van der Waals surface area contributed by atoms with E-state index in [1.54, 1.807) is 17.5 Å². The van der Waals surface area contributed by atoms with E-state index in [4.69, 9.17) is 0 Å². The molecule has 0 atom stereocenters. The van der Waals surface area contributed by atoms with E-state index in [9.17, 15) is 9.59 Å². The lowest BCUT2D eigenvalue weighted by Gasteiger charge is -2.30. The van der Waals surface area contributed by atoms with Gasteiger partial charge in [-0.05, 0) is 20.8 Å². The number of amides is 2. The van der Waals surface area contributed by atoms with E-state index in [2.05, 4.69) is 10.4 Å². The summed E-state index contributed by atoms with van der Waals surface area (Å²) in [6.45, 7) is 5.61. The van der Waals surface area contributed by atoms with Gasteiger partial charge in [0.2, 0.25) is 0 Å². The molecule has 9 heteroatoms. The van der Waals surface area contributed by atoms with E-state index in [-0.39, 0.29) is 17.3 Å². The van der Waals surface area contributed by atoms with Gasteiger partial charge in [-0.25, -0.2) is 9.99 Å². The van der Waals surface area contributed by atoms with Crippen LogP contribution in [-0.2, 0) is 4.79 Å². The van der Waals surface area contributed by atoms with Crippen molar-refractivity contribution < 1.29 is 15.1 Å². The molecule has 0 aromatic carbocycles. The first-order valence-corrected chi connectivity index (χ1v) is 7.97. The highest BCUT2D eigenvalue weighted by molar-refractivity contribution is 8.01. The summed E-state index contributed by atoms with van der Waals surface area (Å²) in [5.74, 6) is -0.0126. The molecule has 2 amide bonds. The first-order chi connectivity index (χ1) is 9.40. The molecule has 114 valence electrons. The molecule has 2 aromatic heterocycles. The quantitative estimate of drug-likeness (QED) is 0.883. The number of nitrogens with zero attached hydrogens (tertiary/aromatic N) is 3. The Balaban J connectivity index is 0.00000161. The fourth-order valence-corrected chi connectivity index (χ4v) is 3.83. The van der Waals surface area contributed by atoms with E-state index >= 15 is 0 Å². The maximum absolute atomic E-state index is 12.5. The van der Waals surface area contributed by atoms with Crippen LogP contribution in [0, 0.1) is 6.92 Å². The van der Waals surface area contributed by atoms with Crippen LogP contribution in [0.1, 0.15) is 30.0 Å². The number of hydrogen-bond donors (Lipinski definition) is 1. The second-order valence-corrected chi connectivity index (χ2v) is 7.46. The topological polar surface area (TPSA) is 98.2 Å². The minimum atomic E-state index is -0.431. The first kappa shape index (κ1) is 15.8. The minimum absolute atomic E-state index is 0. The molecule has 0 bridgehead atoms. The zero-order valence-corrected chi connectivity index (χ0v) is 13.5. The Kier molecular flexibility index (Phi) is 4.00. The van der Waals surface area contributed by atoms with Gasteiger partial charge in [-0.1, -0.05) is 0 Å². The van der Waals surface area contributed by atoms with Gasteiger partial charge in [0.05, 0.1) is 11.4 Å². The van der Waals surface area contributed by atoms with Gasteiger partial charge in [0.25, 0.3) is 11.8 Å². The Hall–Kier alpha value is -1.58. The van der Waals surface area contributed by atoms with Gasteiger partial charge in [0.1, 0.15) is 10.6 Å². The smallest absolute Gasteiger partial charge is 0.288 e. The predicted molar refractivity (Wildman–Crippen MR) is 82.3 cm³/mol. The van der Waals surface area contributed by atoms with Crippen molar-refractivity contribution >= 4 is 39.9 Å². The summed E-state index contributed by atoms with van der Waals surface area (Å²) < 4.78 is 1.75. The monoisotopic (exact) mass is 328 g/mol. The fourth-order valence-electron chi connectivity index (χ4n) is 2.19. The third kappa shape index (κ3) is 2.52. The molecule has 1 saturated heterocycles. The van der Waals surface area contributed by atoms with Crippen molar-refractivity contribution in [2.75, 3.05) is 5.75 Å². The van der Waals surface area contributed by atoms with Gasteiger partial charge in [-0.2, -0.15) is 0 Å². The number of nitrogens with one attached hydrogen (secondary N) is 1. The van der Waals surface area contributed by atoms with Gasteiger partial charge in [-0.15, -0.1) is 23.1 Å². The Morgan fingerprint density at radius 1 is 1.48 bits per heavy atom. The van der Waals surface area contributed by atoms with E-state index in [1.165, 1.54) is 28.1 Å². The van der Waals surface area contributed by atoms with E-state index in [0.29, 0.717) is 17.1 Å². The summed E-state index contributed by atoms with van der Waals surface area (Å²) in [6, 6.07) is 0. The van der Waals surface area contributed by atoms with Crippen molar-refractivity contribution in [1.82, 2.24) is 19.8 Å². The second kappa shape index (κ2) is 5.32. The number of hydrogen-bond acceptors (Lipinski definition) is 5. The van der Waals surface area contributed by atoms with Crippen molar-refractivity contribution in [3.05, 3.63) is 23.0 Å². The highest BCUT2D eigenvalue weighted by atomic mass is 32.2. The highest BCUT2D eigenvalue weighted by Crippen LogP contribution is 2.34. The summed E-state index contributed by atoms with van der Waals surface area (Å²) in [4.78, 5) is 29.0. The molecule has 0 unspecified atom stereocenters. The molecule has 0 aliphatic carbocycles. The Morgan fingerprint density at radius 3 is 2.81 bits per heavy atom. The maximum atomic E-state index is 12.5. The highest BCUT2D eigenvalue weighted by Gasteiger charge is 2.40. The zero-order chi connectivity index (χ0) is 14.5. The van der Waals surface area contributed by atoms with Crippen LogP contribution in [0.25, 0.3) is 4.96 Å². The zero-order valence-electron chi connectivity index (χ0n) is 11.8. The van der Waals surface area contributed by atoms with Crippen molar-refractivity contribution in [3.8, 4) is 0 Å². The summed E-state index contributed by atoms with van der Waals surface area (Å²) in [6.07, 6.45) is 1.81. The molecule has 1 fully saturated rings. The van der Waals surface area contributed by atoms with E-state index < -0.39 is 4.87 Å². The molecule has 1 aliphatic rings. The van der Waals surface area contributed by atoms with Crippen molar-refractivity contribution in [1.29, 1.82) is 0 Å². The number of hydrazine groups is 1. The number of carbonyl (C=O) groups excluding carboxylic acids is 2. The molecular weight excluding hydrogens is 312 g/mol. The lowest BCUT2D eigenvalue weighted by molar-refractivity contribution is -0.132. The Morgan fingerprint density at radius 2 is 2.19 bits per heavy atom. The van der Waals surface area contributed by atoms with Gasteiger partial charge in [0, 0.05) is 11.6 Å². The van der Waals surface area contributed by atoms with Crippen LogP contribution in [0.2, 0.25) is 0 Å². The molecule has 3 rings (SSSR count). The van der Waals surface area contributed by atoms with Crippen molar-refractivity contribution in [3.63, 3.8) is 0 Å². The maximum Gasteiger partial charge on any atom is 0.288 e. The molecule has 0 spiro atoms. The van der Waals surface area contributed by atoms with Crippen LogP contribution in [0.4, 0.5) is 0 Å². The largest absolute Gasteiger partial charge is 0.412 e. The molecule has 3 heterocycles. The van der Waals surface area contributed by atoms with Crippen molar-refractivity contribution in [2.45, 2.75) is 25.6 Å². The van der Waals surface area contributed by atoms with E-state index in [1.807, 2.05) is 19.2 Å². The minimum Gasteiger partial charge on any atom is -0.412 e. The van der Waals surface area contributed by atoms with Gasteiger partial charge in [0.15, 0.2) is 4.96 Å². The number of imidazole rings is 1. The number of fused-ring (bicyclic) bond motifs is 1. The Bertz CT molecular complexity index is 706. The lowest BCUT2D eigenvalue weighted by Crippen LogP contribution is -2.52. The average molecular weight is 328 g/mol. The molecule has 0 radical (unpaired) electrons. The third-order valence-electron chi connectivity index (χ3n) is 3.20. The number of thioether (sulfide) groups is 1. The molecular formula is C12H16N4O3S2. The van der Waals surface area contributed by atoms with Crippen LogP contribution < -0.4 is 5.43 Å². The van der Waals surface area contributed by atoms with Crippen molar-refractivity contribution in [2.24, 2.45) is 0 Å². The molecule has 1 aliphatic heterocycles. The normalized spacial score (nSPS) is 17.1. The molecule has 7 nitrogen and oxygen atoms in total. The van der Waals surface area contributed by atoms with Crippen LogP contribution in [-0.4, -0.2) is 42.3 Å². The van der Waals surface area contributed by atoms with Crippen LogP contribution in [0.15, 0.2) is 11.6 Å².